The maximum atomic E-state index is 10.5. The molecule has 1 aromatic carbocycles. The highest BCUT2D eigenvalue weighted by Crippen LogP contribution is 2.34. The third kappa shape index (κ3) is 3.10. The average molecular weight is 279 g/mol. The van der Waals surface area contributed by atoms with Crippen LogP contribution in [-0.2, 0) is 5.75 Å². The lowest BCUT2D eigenvalue weighted by molar-refractivity contribution is -0.387. The van der Waals surface area contributed by atoms with E-state index in [1.807, 2.05) is 30.3 Å². The van der Waals surface area contributed by atoms with E-state index in [1.165, 1.54) is 0 Å². The normalized spacial score (nSPS) is 10.3. The number of hydrogen-bond acceptors (Lipinski definition) is 7. The van der Waals surface area contributed by atoms with Crippen molar-refractivity contribution in [3.05, 3.63) is 46.0 Å². The lowest BCUT2D eigenvalue weighted by Gasteiger charge is -2.02. The molecule has 0 bridgehead atoms. The molecule has 0 aliphatic carbocycles. The Morgan fingerprint density at radius 1 is 1.16 bits per heavy atom. The van der Waals surface area contributed by atoms with Crippen LogP contribution in [0.15, 0.2) is 35.5 Å². The zero-order valence-electron chi connectivity index (χ0n) is 9.55. The van der Waals surface area contributed by atoms with E-state index in [0.29, 0.717) is 5.75 Å². The number of aromatic hydroxyl groups is 2. The van der Waals surface area contributed by atoms with Crippen molar-refractivity contribution >= 4 is 17.4 Å². The Labute approximate surface area is 112 Å². The molecular weight excluding hydrogens is 270 g/mol. The zero-order valence-corrected chi connectivity index (χ0v) is 10.4. The second-order valence-corrected chi connectivity index (χ2v) is 4.48. The molecule has 0 aliphatic heterocycles. The number of hydrogen-bond donors (Lipinski definition) is 2. The molecule has 8 heteroatoms. The summed E-state index contributed by atoms with van der Waals surface area (Å²) in [6.45, 7) is 0. The molecule has 7 nitrogen and oxygen atoms in total. The Balaban J connectivity index is 2.16. The Morgan fingerprint density at radius 3 is 2.26 bits per heavy atom. The van der Waals surface area contributed by atoms with Gasteiger partial charge in [-0.3, -0.25) is 10.1 Å². The maximum Gasteiger partial charge on any atom is 0.392 e. The highest BCUT2D eigenvalue weighted by molar-refractivity contribution is 7.98. The molecular formula is C11H9N3O4S. The molecule has 2 rings (SSSR count). The van der Waals surface area contributed by atoms with Crippen molar-refractivity contribution in [3.8, 4) is 11.8 Å². The van der Waals surface area contributed by atoms with Gasteiger partial charge < -0.3 is 10.2 Å². The molecule has 0 amide bonds. The third-order valence-electron chi connectivity index (χ3n) is 2.22. The maximum absolute atomic E-state index is 10.5. The average Bonchev–Trinajstić information content (AvgIpc) is 2.36. The van der Waals surface area contributed by atoms with Crippen LogP contribution < -0.4 is 0 Å². The molecule has 1 aromatic heterocycles. The van der Waals surface area contributed by atoms with Crippen molar-refractivity contribution < 1.29 is 15.1 Å². The van der Waals surface area contributed by atoms with E-state index in [1.54, 1.807) is 0 Å². The minimum Gasteiger partial charge on any atom is -0.488 e. The Kier molecular flexibility index (Phi) is 3.81. The number of nitro groups is 1. The van der Waals surface area contributed by atoms with Gasteiger partial charge in [0.15, 0.2) is 5.16 Å². The van der Waals surface area contributed by atoms with E-state index < -0.39 is 22.4 Å². The first-order valence-electron chi connectivity index (χ1n) is 5.19. The summed E-state index contributed by atoms with van der Waals surface area (Å²) >= 11 is 1.16. The molecule has 0 radical (unpaired) electrons. The van der Waals surface area contributed by atoms with Crippen LogP contribution in [0.1, 0.15) is 5.56 Å². The van der Waals surface area contributed by atoms with Crippen LogP contribution in [0.5, 0.6) is 11.8 Å². The van der Waals surface area contributed by atoms with Crippen LogP contribution >= 0.6 is 11.8 Å². The molecule has 2 N–H and O–H groups in total. The number of benzene rings is 1. The van der Waals surface area contributed by atoms with Gasteiger partial charge >= 0.3 is 5.69 Å². The monoisotopic (exact) mass is 279 g/mol. The standard InChI is InChI=1S/C11H9N3O4S/c15-9-8(14(17)18)10(16)13-11(12-9)19-6-7-4-2-1-3-5-7/h1-5H,6H2,(H2,12,13,15,16). The lowest BCUT2D eigenvalue weighted by atomic mass is 10.2. The van der Waals surface area contributed by atoms with E-state index in [-0.39, 0.29) is 5.16 Å². The van der Waals surface area contributed by atoms with Gasteiger partial charge in [-0.25, -0.2) is 0 Å². The van der Waals surface area contributed by atoms with Gasteiger partial charge in [-0.2, -0.15) is 9.97 Å². The van der Waals surface area contributed by atoms with Crippen LogP contribution in [0.3, 0.4) is 0 Å². The molecule has 0 atom stereocenters. The highest BCUT2D eigenvalue weighted by atomic mass is 32.2. The molecule has 19 heavy (non-hydrogen) atoms. The molecule has 0 unspecified atom stereocenters. The fourth-order valence-corrected chi connectivity index (χ4v) is 2.15. The molecule has 98 valence electrons. The van der Waals surface area contributed by atoms with Crippen LogP contribution in [0.25, 0.3) is 0 Å². The number of nitrogens with zero attached hydrogens (tertiary/aromatic N) is 3. The summed E-state index contributed by atoms with van der Waals surface area (Å²) in [6, 6.07) is 9.44. The van der Waals surface area contributed by atoms with Crippen molar-refractivity contribution in [2.24, 2.45) is 0 Å². The Hall–Kier alpha value is -2.35. The Bertz CT molecular complexity index is 583. The van der Waals surface area contributed by atoms with E-state index in [2.05, 4.69) is 9.97 Å². The summed E-state index contributed by atoms with van der Waals surface area (Å²) in [6.07, 6.45) is 0. The third-order valence-corrected chi connectivity index (χ3v) is 3.14. The van der Waals surface area contributed by atoms with E-state index >= 15 is 0 Å². The number of thioether (sulfide) groups is 1. The Morgan fingerprint density at radius 2 is 1.74 bits per heavy atom. The first kappa shape index (κ1) is 13.1. The first-order chi connectivity index (χ1) is 9.08. The minimum atomic E-state index is -0.934. The van der Waals surface area contributed by atoms with Crippen molar-refractivity contribution in [3.63, 3.8) is 0 Å². The lowest BCUT2D eigenvalue weighted by Crippen LogP contribution is -1.96. The van der Waals surface area contributed by atoms with Gasteiger partial charge in [0.2, 0.25) is 0 Å². The van der Waals surface area contributed by atoms with Gasteiger partial charge in [0.05, 0.1) is 4.92 Å². The molecule has 0 spiro atoms. The fraction of sp³-hybridized carbons (Fsp3) is 0.0909. The molecule has 1 heterocycles. The van der Waals surface area contributed by atoms with Gasteiger partial charge in [0, 0.05) is 5.75 Å². The number of aromatic nitrogens is 2. The summed E-state index contributed by atoms with van der Waals surface area (Å²) in [5.41, 5.74) is 0.123. The summed E-state index contributed by atoms with van der Waals surface area (Å²) in [7, 11) is 0. The van der Waals surface area contributed by atoms with Crippen LogP contribution in [0.4, 0.5) is 5.69 Å². The van der Waals surface area contributed by atoms with E-state index in [0.717, 1.165) is 17.3 Å². The smallest absolute Gasteiger partial charge is 0.392 e. The summed E-state index contributed by atoms with van der Waals surface area (Å²) in [5.74, 6) is -1.15. The molecule has 0 saturated heterocycles. The fourth-order valence-electron chi connectivity index (χ4n) is 1.36. The summed E-state index contributed by atoms with van der Waals surface area (Å²) in [4.78, 5) is 16.7. The molecule has 2 aromatic rings. The molecule has 0 aliphatic rings. The van der Waals surface area contributed by atoms with Gasteiger partial charge in [-0.15, -0.1) is 0 Å². The topological polar surface area (TPSA) is 109 Å². The van der Waals surface area contributed by atoms with Gasteiger partial charge in [-0.05, 0) is 5.56 Å². The second kappa shape index (κ2) is 5.53. The van der Waals surface area contributed by atoms with Gasteiger partial charge in [-0.1, -0.05) is 42.1 Å². The largest absolute Gasteiger partial charge is 0.488 e. The van der Waals surface area contributed by atoms with Gasteiger partial charge in [0.25, 0.3) is 11.8 Å². The minimum absolute atomic E-state index is 0.0736. The summed E-state index contributed by atoms with van der Waals surface area (Å²) < 4.78 is 0. The predicted octanol–water partition coefficient (Wildman–Crippen LogP) is 2.09. The predicted molar refractivity (Wildman–Crippen MR) is 68.0 cm³/mol. The van der Waals surface area contributed by atoms with Crippen LogP contribution in [0.2, 0.25) is 0 Å². The van der Waals surface area contributed by atoms with Crippen molar-refractivity contribution in [2.45, 2.75) is 10.9 Å². The van der Waals surface area contributed by atoms with Crippen molar-refractivity contribution in [2.75, 3.05) is 0 Å². The van der Waals surface area contributed by atoms with Crippen LogP contribution in [-0.4, -0.2) is 25.1 Å². The molecule has 0 saturated carbocycles. The second-order valence-electron chi connectivity index (χ2n) is 3.53. The SMILES string of the molecule is O=[N+]([O-])c1c(O)nc(SCc2ccccc2)nc1O. The van der Waals surface area contributed by atoms with E-state index in [9.17, 15) is 20.3 Å². The van der Waals surface area contributed by atoms with Crippen molar-refractivity contribution in [1.82, 2.24) is 9.97 Å². The van der Waals surface area contributed by atoms with E-state index in [4.69, 9.17) is 0 Å². The zero-order chi connectivity index (χ0) is 13.8. The summed E-state index contributed by atoms with van der Waals surface area (Å²) in [5, 5.41) is 29.4. The van der Waals surface area contributed by atoms with Crippen molar-refractivity contribution in [1.29, 1.82) is 0 Å². The molecule has 0 fully saturated rings. The first-order valence-corrected chi connectivity index (χ1v) is 6.17. The van der Waals surface area contributed by atoms with Gasteiger partial charge in [0.1, 0.15) is 0 Å². The quantitative estimate of drug-likeness (QED) is 0.381. The number of rotatable bonds is 4. The highest BCUT2D eigenvalue weighted by Gasteiger charge is 2.24. The van der Waals surface area contributed by atoms with Crippen LogP contribution in [0, 0.1) is 10.1 Å².